The molecule has 0 saturated heterocycles. The van der Waals surface area contributed by atoms with E-state index in [4.69, 9.17) is 4.74 Å². The van der Waals surface area contributed by atoms with Crippen molar-refractivity contribution in [2.45, 2.75) is 64.1 Å². The summed E-state index contributed by atoms with van der Waals surface area (Å²) in [5.41, 5.74) is 2.11. The molecule has 0 spiro atoms. The quantitative estimate of drug-likeness (QED) is 0.304. The second-order valence-corrected chi connectivity index (χ2v) is 12.7. The first-order valence-electron chi connectivity index (χ1n) is 14.6. The minimum absolute atomic E-state index is 0.0644. The topological polar surface area (TPSA) is 96.0 Å². The largest absolute Gasteiger partial charge is 0.494 e. The SMILES string of the molecule is CCOc1ccc(N(CC(=O)N(Cc2ccccc2)[C@H](Cc2ccccc2)C(=O)NC2CCCCC2)S(C)(=O)=O)cc1. The van der Waals surface area contributed by atoms with Gasteiger partial charge in [0.2, 0.25) is 21.8 Å². The van der Waals surface area contributed by atoms with E-state index >= 15 is 0 Å². The van der Waals surface area contributed by atoms with E-state index in [0.717, 1.165) is 53.8 Å². The van der Waals surface area contributed by atoms with Crippen molar-refractivity contribution >= 4 is 27.5 Å². The number of nitrogens with one attached hydrogen (secondary N) is 1. The maximum Gasteiger partial charge on any atom is 0.244 e. The lowest BCUT2D eigenvalue weighted by Crippen LogP contribution is -2.55. The number of ether oxygens (including phenoxy) is 1. The van der Waals surface area contributed by atoms with Gasteiger partial charge in [-0.05, 0) is 55.2 Å². The van der Waals surface area contributed by atoms with Gasteiger partial charge in [0.15, 0.2) is 0 Å². The van der Waals surface area contributed by atoms with E-state index in [9.17, 15) is 18.0 Å². The van der Waals surface area contributed by atoms with Crippen LogP contribution in [0.1, 0.15) is 50.2 Å². The van der Waals surface area contributed by atoms with Crippen LogP contribution in [0.3, 0.4) is 0 Å². The lowest BCUT2D eigenvalue weighted by molar-refractivity contribution is -0.140. The van der Waals surface area contributed by atoms with Crippen molar-refractivity contribution in [2.24, 2.45) is 0 Å². The Kier molecular flexibility index (Phi) is 11.0. The van der Waals surface area contributed by atoms with Gasteiger partial charge in [-0.3, -0.25) is 13.9 Å². The Hall–Kier alpha value is -3.85. The van der Waals surface area contributed by atoms with Gasteiger partial charge in [-0.2, -0.15) is 0 Å². The van der Waals surface area contributed by atoms with Crippen LogP contribution in [0.2, 0.25) is 0 Å². The Morgan fingerprint density at radius 1 is 0.881 bits per heavy atom. The number of carbonyl (C=O) groups excluding carboxylic acids is 2. The van der Waals surface area contributed by atoms with Gasteiger partial charge in [0.1, 0.15) is 18.3 Å². The van der Waals surface area contributed by atoms with Crippen molar-refractivity contribution in [1.29, 1.82) is 0 Å². The molecule has 1 aliphatic carbocycles. The Balaban J connectivity index is 1.68. The van der Waals surface area contributed by atoms with E-state index in [0.29, 0.717) is 24.5 Å². The number of benzene rings is 3. The van der Waals surface area contributed by atoms with Crippen molar-refractivity contribution in [3.05, 3.63) is 96.1 Å². The Bertz CT molecular complexity index is 1390. The maximum absolute atomic E-state index is 14.2. The molecule has 0 aromatic heterocycles. The number of sulfonamides is 1. The van der Waals surface area contributed by atoms with E-state index in [-0.39, 0.29) is 18.5 Å². The van der Waals surface area contributed by atoms with Crippen LogP contribution in [0.25, 0.3) is 0 Å². The average molecular weight is 592 g/mol. The molecule has 1 saturated carbocycles. The van der Waals surface area contributed by atoms with Crippen LogP contribution >= 0.6 is 0 Å². The Morgan fingerprint density at radius 2 is 1.48 bits per heavy atom. The predicted octanol–water partition coefficient (Wildman–Crippen LogP) is 4.94. The molecular formula is C33H41N3O5S. The highest BCUT2D eigenvalue weighted by molar-refractivity contribution is 7.92. The third-order valence-corrected chi connectivity index (χ3v) is 8.67. The minimum atomic E-state index is -3.83. The van der Waals surface area contributed by atoms with E-state index < -0.39 is 28.5 Å². The van der Waals surface area contributed by atoms with Crippen LogP contribution in [0.5, 0.6) is 5.75 Å². The molecular weight excluding hydrogens is 550 g/mol. The fourth-order valence-corrected chi connectivity index (χ4v) is 6.22. The molecule has 9 heteroatoms. The second kappa shape index (κ2) is 14.9. The molecule has 1 atom stereocenters. The summed E-state index contributed by atoms with van der Waals surface area (Å²) in [6.07, 6.45) is 6.49. The third-order valence-electron chi connectivity index (χ3n) is 7.53. The molecule has 3 aromatic carbocycles. The van der Waals surface area contributed by atoms with Crippen LogP contribution in [0.4, 0.5) is 5.69 Å². The number of rotatable bonds is 13. The molecule has 1 aliphatic rings. The van der Waals surface area contributed by atoms with Crippen molar-refractivity contribution < 1.29 is 22.7 Å². The lowest BCUT2D eigenvalue weighted by Gasteiger charge is -2.35. The van der Waals surface area contributed by atoms with Crippen LogP contribution in [0.15, 0.2) is 84.9 Å². The summed E-state index contributed by atoms with van der Waals surface area (Å²) < 4.78 is 32.5. The normalized spacial score (nSPS) is 14.5. The fraction of sp³-hybridized carbons (Fsp3) is 0.394. The molecule has 1 fully saturated rings. The highest BCUT2D eigenvalue weighted by atomic mass is 32.2. The van der Waals surface area contributed by atoms with Gasteiger partial charge in [0.05, 0.1) is 18.6 Å². The standard InChI is InChI=1S/C33H41N3O5S/c1-3-41-30-21-19-29(20-22-30)36(42(2,39)40)25-32(37)35(24-27-15-9-5-10-16-27)31(23-26-13-7-4-8-14-26)33(38)34-28-17-11-6-12-18-28/h4-5,7-10,13-16,19-22,28,31H,3,6,11-12,17-18,23-25H2,1-2H3,(H,34,38)/t31-/m1/s1. The van der Waals surface area contributed by atoms with Crippen LogP contribution in [-0.4, -0.2) is 56.6 Å². The zero-order valence-electron chi connectivity index (χ0n) is 24.4. The zero-order valence-corrected chi connectivity index (χ0v) is 25.3. The van der Waals surface area contributed by atoms with Crippen LogP contribution in [-0.2, 0) is 32.6 Å². The fourth-order valence-electron chi connectivity index (χ4n) is 5.37. The number of hydrogen-bond acceptors (Lipinski definition) is 5. The molecule has 0 radical (unpaired) electrons. The van der Waals surface area contributed by atoms with E-state index in [1.54, 1.807) is 24.3 Å². The summed E-state index contributed by atoms with van der Waals surface area (Å²) in [6, 6.07) is 24.9. The van der Waals surface area contributed by atoms with Gasteiger partial charge in [-0.1, -0.05) is 79.9 Å². The molecule has 8 nitrogen and oxygen atoms in total. The third kappa shape index (κ3) is 8.82. The van der Waals surface area contributed by atoms with Gasteiger partial charge in [-0.25, -0.2) is 8.42 Å². The van der Waals surface area contributed by atoms with Gasteiger partial charge in [-0.15, -0.1) is 0 Å². The van der Waals surface area contributed by atoms with Gasteiger partial charge in [0.25, 0.3) is 0 Å². The number of amides is 2. The van der Waals surface area contributed by atoms with Crippen LogP contribution < -0.4 is 14.4 Å². The minimum Gasteiger partial charge on any atom is -0.494 e. The molecule has 42 heavy (non-hydrogen) atoms. The van der Waals surface area contributed by atoms with Crippen molar-refractivity contribution in [1.82, 2.24) is 10.2 Å². The van der Waals surface area contributed by atoms with Crippen molar-refractivity contribution in [2.75, 3.05) is 23.7 Å². The summed E-state index contributed by atoms with van der Waals surface area (Å²) in [4.78, 5) is 29.7. The molecule has 0 unspecified atom stereocenters. The monoisotopic (exact) mass is 591 g/mol. The van der Waals surface area contributed by atoms with Gasteiger partial charge < -0.3 is 15.0 Å². The maximum atomic E-state index is 14.2. The summed E-state index contributed by atoms with van der Waals surface area (Å²) in [7, 11) is -3.83. The Labute approximate surface area is 249 Å². The molecule has 0 bridgehead atoms. The van der Waals surface area contributed by atoms with Gasteiger partial charge >= 0.3 is 0 Å². The molecule has 0 heterocycles. The molecule has 2 amide bonds. The first kappa shape index (κ1) is 31.1. The number of carbonyl (C=O) groups is 2. The van der Waals surface area contributed by atoms with Crippen LogP contribution in [0, 0.1) is 0 Å². The zero-order chi connectivity index (χ0) is 30.0. The predicted molar refractivity (Wildman–Crippen MR) is 166 cm³/mol. The molecule has 0 aliphatic heterocycles. The number of nitrogens with zero attached hydrogens (tertiary/aromatic N) is 2. The number of hydrogen-bond donors (Lipinski definition) is 1. The average Bonchev–Trinajstić information content (AvgIpc) is 2.99. The molecule has 4 rings (SSSR count). The smallest absolute Gasteiger partial charge is 0.244 e. The summed E-state index contributed by atoms with van der Waals surface area (Å²) in [5, 5.41) is 3.22. The lowest BCUT2D eigenvalue weighted by atomic mass is 9.94. The van der Waals surface area contributed by atoms with E-state index in [1.165, 1.54) is 4.90 Å². The first-order chi connectivity index (χ1) is 20.2. The molecule has 3 aromatic rings. The van der Waals surface area contributed by atoms with E-state index in [1.807, 2.05) is 67.6 Å². The second-order valence-electron chi connectivity index (χ2n) is 10.8. The summed E-state index contributed by atoms with van der Waals surface area (Å²) in [6.45, 7) is 2.07. The van der Waals surface area contributed by atoms with Gasteiger partial charge in [0, 0.05) is 19.0 Å². The highest BCUT2D eigenvalue weighted by Gasteiger charge is 2.34. The number of anilines is 1. The Morgan fingerprint density at radius 3 is 2.05 bits per heavy atom. The molecule has 224 valence electrons. The van der Waals surface area contributed by atoms with Crippen molar-refractivity contribution in [3.8, 4) is 5.75 Å². The first-order valence-corrected chi connectivity index (χ1v) is 16.5. The van der Waals surface area contributed by atoms with Crippen molar-refractivity contribution in [3.63, 3.8) is 0 Å². The summed E-state index contributed by atoms with van der Waals surface area (Å²) >= 11 is 0. The molecule has 1 N–H and O–H groups in total. The highest BCUT2D eigenvalue weighted by Crippen LogP contribution is 2.24. The summed E-state index contributed by atoms with van der Waals surface area (Å²) in [5.74, 6) is -0.0751. The van der Waals surface area contributed by atoms with E-state index in [2.05, 4.69) is 5.32 Å².